The van der Waals surface area contributed by atoms with Crippen LogP contribution in [0, 0.1) is 0 Å². The first kappa shape index (κ1) is 25.0. The summed E-state index contributed by atoms with van der Waals surface area (Å²) in [5, 5.41) is 1.84. The molecule has 0 bridgehead atoms. The molecule has 1 aliphatic carbocycles. The Balaban J connectivity index is 1.61. The minimum absolute atomic E-state index is 0.0680. The summed E-state index contributed by atoms with van der Waals surface area (Å²) in [6.07, 6.45) is -1.33. The van der Waals surface area contributed by atoms with E-state index in [2.05, 4.69) is 9.72 Å². The number of hydrogen-bond donors (Lipinski definition) is 1. The van der Waals surface area contributed by atoms with Crippen LogP contribution >= 0.6 is 0 Å². The number of sulfonamides is 1. The highest BCUT2D eigenvalue weighted by Gasteiger charge is 2.35. The van der Waals surface area contributed by atoms with E-state index in [0.29, 0.717) is 11.4 Å². The Morgan fingerprint density at radius 2 is 1.59 bits per heavy atom. The number of nitrogens with two attached hydrogens (primary N) is 1. The van der Waals surface area contributed by atoms with Crippen LogP contribution in [0.15, 0.2) is 83.9 Å². The van der Waals surface area contributed by atoms with Gasteiger partial charge in [0, 0.05) is 23.7 Å². The van der Waals surface area contributed by atoms with Crippen LogP contribution in [0.3, 0.4) is 0 Å². The van der Waals surface area contributed by atoms with E-state index < -0.39 is 16.4 Å². The predicted molar refractivity (Wildman–Crippen MR) is 135 cm³/mol. The van der Waals surface area contributed by atoms with Gasteiger partial charge in [-0.25, -0.2) is 17.7 Å². The fraction of sp³-hybridized carbons (Fsp3) is 0.222. The maximum Gasteiger partial charge on any atom is 0.573 e. The van der Waals surface area contributed by atoms with Crippen LogP contribution in [0.1, 0.15) is 35.4 Å². The lowest BCUT2D eigenvalue weighted by Gasteiger charge is -2.27. The van der Waals surface area contributed by atoms with E-state index in [1.165, 1.54) is 40.7 Å². The van der Waals surface area contributed by atoms with Crippen LogP contribution < -0.4 is 14.8 Å². The van der Waals surface area contributed by atoms with Crippen molar-refractivity contribution in [3.8, 4) is 5.75 Å². The van der Waals surface area contributed by atoms with Crippen molar-refractivity contribution in [1.29, 1.82) is 0 Å². The molecule has 0 amide bonds. The van der Waals surface area contributed by atoms with Gasteiger partial charge in [0.1, 0.15) is 11.6 Å². The maximum absolute atomic E-state index is 14.0. The molecule has 0 radical (unpaired) electrons. The molecule has 1 aliphatic rings. The summed E-state index contributed by atoms with van der Waals surface area (Å²) in [7, 11) is -4.09. The quantitative estimate of drug-likeness (QED) is 0.310. The molecule has 0 spiro atoms. The number of nitrogens with zero attached hydrogens (tertiary/aromatic N) is 2. The van der Waals surface area contributed by atoms with E-state index in [1.807, 2.05) is 24.3 Å². The smallest absolute Gasteiger partial charge is 0.406 e. The normalized spacial score (nSPS) is 14.1. The SMILES string of the molecule is NCc1ccc(S(=O)(=O)N(Cc2ccc(OC(F)(F)F)cc2)c2ncc3ccccc3c2C2CC2)cc1. The summed E-state index contributed by atoms with van der Waals surface area (Å²) in [6, 6.07) is 19.2. The van der Waals surface area contributed by atoms with Crippen LogP contribution in [0.5, 0.6) is 5.75 Å². The summed E-state index contributed by atoms with van der Waals surface area (Å²) in [4.78, 5) is 4.68. The summed E-state index contributed by atoms with van der Waals surface area (Å²) in [5.41, 5.74) is 7.80. The van der Waals surface area contributed by atoms with Crippen LogP contribution in [-0.4, -0.2) is 19.8 Å². The van der Waals surface area contributed by atoms with Crippen molar-refractivity contribution in [3.63, 3.8) is 0 Å². The Labute approximate surface area is 212 Å². The van der Waals surface area contributed by atoms with Gasteiger partial charge in [0.15, 0.2) is 0 Å². The number of pyridine rings is 1. The zero-order valence-electron chi connectivity index (χ0n) is 19.6. The third-order valence-electron chi connectivity index (χ3n) is 6.27. The molecule has 0 unspecified atom stereocenters. The molecule has 4 aromatic rings. The monoisotopic (exact) mass is 527 g/mol. The van der Waals surface area contributed by atoms with Gasteiger partial charge in [-0.2, -0.15) is 0 Å². The van der Waals surface area contributed by atoms with Crippen molar-refractivity contribution in [2.45, 2.75) is 43.1 Å². The van der Waals surface area contributed by atoms with Gasteiger partial charge in [-0.15, -0.1) is 13.2 Å². The number of fused-ring (bicyclic) bond motifs is 1. The molecule has 1 heterocycles. The van der Waals surface area contributed by atoms with Gasteiger partial charge in [0.2, 0.25) is 0 Å². The largest absolute Gasteiger partial charge is 0.573 e. The fourth-order valence-electron chi connectivity index (χ4n) is 4.31. The Morgan fingerprint density at radius 3 is 2.22 bits per heavy atom. The number of anilines is 1. The summed E-state index contributed by atoms with van der Waals surface area (Å²) in [6.45, 7) is 0.146. The minimum Gasteiger partial charge on any atom is -0.406 e. The van der Waals surface area contributed by atoms with Crippen molar-refractivity contribution in [2.24, 2.45) is 5.73 Å². The number of ether oxygens (including phenoxy) is 1. The Kier molecular flexibility index (Phi) is 6.55. The molecule has 192 valence electrons. The molecule has 1 saturated carbocycles. The van der Waals surface area contributed by atoms with Crippen molar-refractivity contribution in [2.75, 3.05) is 4.31 Å². The highest BCUT2D eigenvalue weighted by Crippen LogP contribution is 2.47. The average Bonchev–Trinajstić information content (AvgIpc) is 3.72. The van der Waals surface area contributed by atoms with E-state index in [4.69, 9.17) is 5.73 Å². The second-order valence-electron chi connectivity index (χ2n) is 8.91. The number of aromatic nitrogens is 1. The molecule has 0 atom stereocenters. The lowest BCUT2D eigenvalue weighted by atomic mass is 10.0. The highest BCUT2D eigenvalue weighted by molar-refractivity contribution is 7.92. The van der Waals surface area contributed by atoms with Crippen molar-refractivity contribution < 1.29 is 26.3 Å². The summed E-state index contributed by atoms with van der Waals surface area (Å²) in [5.74, 6) is 0.110. The third kappa shape index (κ3) is 5.40. The van der Waals surface area contributed by atoms with E-state index in [0.717, 1.165) is 34.7 Å². The van der Waals surface area contributed by atoms with Crippen LogP contribution in [0.25, 0.3) is 10.8 Å². The number of hydrogen-bond acceptors (Lipinski definition) is 5. The van der Waals surface area contributed by atoms with Gasteiger partial charge in [0.25, 0.3) is 10.0 Å². The standard InChI is InChI=1S/C27H24F3N3O3S/c28-27(29,30)36-22-11-5-19(6-12-22)17-33(37(34,35)23-13-7-18(15-31)8-14-23)26-25(20-9-10-20)24-4-2-1-3-21(24)16-32-26/h1-8,11-14,16,20H,9-10,15,17,31H2. The molecular formula is C27H24F3N3O3S. The molecule has 5 rings (SSSR count). The molecule has 37 heavy (non-hydrogen) atoms. The lowest BCUT2D eigenvalue weighted by Crippen LogP contribution is -2.32. The predicted octanol–water partition coefficient (Wildman–Crippen LogP) is 5.87. The van der Waals surface area contributed by atoms with Gasteiger partial charge in [-0.1, -0.05) is 48.5 Å². The molecule has 10 heteroatoms. The molecule has 3 aromatic carbocycles. The Morgan fingerprint density at radius 1 is 0.946 bits per heavy atom. The van der Waals surface area contributed by atoms with E-state index in [-0.39, 0.29) is 29.7 Å². The number of benzene rings is 3. The second-order valence-corrected chi connectivity index (χ2v) is 10.8. The van der Waals surface area contributed by atoms with Gasteiger partial charge >= 0.3 is 6.36 Å². The number of alkyl halides is 3. The molecule has 1 aromatic heterocycles. The molecule has 6 nitrogen and oxygen atoms in total. The topological polar surface area (TPSA) is 85.5 Å². The lowest BCUT2D eigenvalue weighted by molar-refractivity contribution is -0.274. The second kappa shape index (κ2) is 9.68. The van der Waals surface area contributed by atoms with E-state index in [9.17, 15) is 21.6 Å². The van der Waals surface area contributed by atoms with Crippen molar-refractivity contribution in [3.05, 3.63) is 95.7 Å². The highest BCUT2D eigenvalue weighted by atomic mass is 32.2. The molecule has 1 fully saturated rings. The van der Waals surface area contributed by atoms with Crippen LogP contribution in [0.4, 0.5) is 19.0 Å². The average molecular weight is 528 g/mol. The van der Waals surface area contributed by atoms with Gasteiger partial charge in [-0.3, -0.25) is 0 Å². The molecular weight excluding hydrogens is 503 g/mol. The zero-order valence-corrected chi connectivity index (χ0v) is 20.5. The van der Waals surface area contributed by atoms with E-state index >= 15 is 0 Å². The third-order valence-corrected chi connectivity index (χ3v) is 8.02. The van der Waals surface area contributed by atoms with Crippen LogP contribution in [0.2, 0.25) is 0 Å². The Hall–Kier alpha value is -3.63. The number of halogens is 3. The minimum atomic E-state index is -4.82. The Bertz CT molecular complexity index is 1520. The van der Waals surface area contributed by atoms with E-state index in [1.54, 1.807) is 18.3 Å². The van der Waals surface area contributed by atoms with Gasteiger partial charge in [-0.05, 0) is 59.5 Å². The first-order chi connectivity index (χ1) is 17.7. The van der Waals surface area contributed by atoms with Gasteiger partial charge in [0.05, 0.1) is 11.4 Å². The van der Waals surface area contributed by atoms with Crippen molar-refractivity contribution in [1.82, 2.24) is 4.98 Å². The first-order valence-electron chi connectivity index (χ1n) is 11.7. The molecule has 2 N–H and O–H groups in total. The fourth-order valence-corrected chi connectivity index (χ4v) is 5.74. The molecule has 0 saturated heterocycles. The van der Waals surface area contributed by atoms with Crippen LogP contribution in [-0.2, 0) is 23.1 Å². The summed E-state index contributed by atoms with van der Waals surface area (Å²) < 4.78 is 71.0. The van der Waals surface area contributed by atoms with Gasteiger partial charge < -0.3 is 10.5 Å². The summed E-state index contributed by atoms with van der Waals surface area (Å²) >= 11 is 0. The molecule has 0 aliphatic heterocycles. The number of rotatable bonds is 8. The van der Waals surface area contributed by atoms with Crippen molar-refractivity contribution >= 4 is 26.6 Å². The first-order valence-corrected chi connectivity index (χ1v) is 13.1. The maximum atomic E-state index is 14.0. The zero-order chi connectivity index (χ0) is 26.2.